The van der Waals surface area contributed by atoms with Gasteiger partial charge in [0.05, 0.1) is 26.2 Å². The van der Waals surface area contributed by atoms with E-state index in [-0.39, 0.29) is 18.4 Å². The Hall–Kier alpha value is -2.86. The number of piperidine rings is 1. The molecule has 0 spiro atoms. The lowest BCUT2D eigenvalue weighted by atomic mass is 10.0. The molecule has 0 bridgehead atoms. The molecule has 0 atom stereocenters. The highest BCUT2D eigenvalue weighted by molar-refractivity contribution is 5.96. The summed E-state index contributed by atoms with van der Waals surface area (Å²) in [5, 5.41) is 5.60. The fourth-order valence-electron chi connectivity index (χ4n) is 3.79. The van der Waals surface area contributed by atoms with Crippen LogP contribution in [0.5, 0.6) is 5.75 Å². The fourth-order valence-corrected chi connectivity index (χ4v) is 3.79. The van der Waals surface area contributed by atoms with Crippen molar-refractivity contribution in [3.63, 3.8) is 0 Å². The molecule has 0 aromatic heterocycles. The maximum absolute atomic E-state index is 12.2. The van der Waals surface area contributed by atoms with Gasteiger partial charge in [0, 0.05) is 17.7 Å². The quantitative estimate of drug-likeness (QED) is 0.589. The predicted octanol–water partition coefficient (Wildman–Crippen LogP) is 1.70. The second-order valence-electron chi connectivity index (χ2n) is 7.67. The number of carbonyl (C=O) groups is 2. The van der Waals surface area contributed by atoms with Gasteiger partial charge in [-0.15, -0.1) is 0 Å². The van der Waals surface area contributed by atoms with E-state index in [0.29, 0.717) is 18.7 Å². The van der Waals surface area contributed by atoms with Crippen molar-refractivity contribution in [1.82, 2.24) is 10.6 Å². The largest absolute Gasteiger partial charge is 0.494 e. The van der Waals surface area contributed by atoms with Crippen molar-refractivity contribution in [1.29, 1.82) is 0 Å². The molecule has 3 rings (SSSR count). The van der Waals surface area contributed by atoms with Crippen LogP contribution in [-0.2, 0) is 17.9 Å². The second-order valence-corrected chi connectivity index (χ2v) is 7.67. The molecule has 6 heteroatoms. The highest BCUT2D eigenvalue weighted by atomic mass is 16.5. The second kappa shape index (κ2) is 11.4. The number of carbonyl (C=O) groups excluding carboxylic acids is 2. The molecule has 1 aliphatic heterocycles. The monoisotopic (exact) mass is 410 g/mol. The first-order chi connectivity index (χ1) is 14.7. The first-order valence-corrected chi connectivity index (χ1v) is 10.8. The van der Waals surface area contributed by atoms with Crippen LogP contribution in [0.2, 0.25) is 0 Å². The number of likely N-dealkylation sites (tertiary alicyclic amines) is 1. The summed E-state index contributed by atoms with van der Waals surface area (Å²) in [6.45, 7) is 6.35. The molecule has 1 aliphatic rings. The average Bonchev–Trinajstić information content (AvgIpc) is 2.78. The normalized spacial score (nSPS) is 14.2. The van der Waals surface area contributed by atoms with E-state index >= 15 is 0 Å². The molecule has 1 heterocycles. The Morgan fingerprint density at radius 3 is 2.33 bits per heavy atom. The van der Waals surface area contributed by atoms with E-state index in [4.69, 9.17) is 4.74 Å². The van der Waals surface area contributed by atoms with Crippen LogP contribution in [0.4, 0.5) is 0 Å². The van der Waals surface area contributed by atoms with E-state index in [1.807, 2.05) is 13.0 Å². The summed E-state index contributed by atoms with van der Waals surface area (Å²) in [7, 11) is 0. The Balaban J connectivity index is 1.46. The van der Waals surface area contributed by atoms with Crippen molar-refractivity contribution < 1.29 is 19.2 Å². The SMILES string of the molecule is CCOc1ccc(C(=O)NCC(=O)NCc2ccccc2C[NH+]2CCCCC2)cc1. The van der Waals surface area contributed by atoms with E-state index < -0.39 is 0 Å². The Morgan fingerprint density at radius 1 is 0.933 bits per heavy atom. The van der Waals surface area contributed by atoms with Crippen LogP contribution in [0.1, 0.15) is 47.7 Å². The Bertz CT molecular complexity index is 830. The van der Waals surface area contributed by atoms with Crippen molar-refractivity contribution >= 4 is 11.8 Å². The first kappa shape index (κ1) is 21.8. The van der Waals surface area contributed by atoms with Crippen LogP contribution in [0.15, 0.2) is 48.5 Å². The molecule has 0 saturated carbocycles. The Kier molecular flexibility index (Phi) is 8.27. The van der Waals surface area contributed by atoms with Gasteiger partial charge in [-0.25, -0.2) is 0 Å². The van der Waals surface area contributed by atoms with Crippen LogP contribution in [-0.4, -0.2) is 38.1 Å². The first-order valence-electron chi connectivity index (χ1n) is 10.8. The highest BCUT2D eigenvalue weighted by Crippen LogP contribution is 2.12. The maximum atomic E-state index is 12.2. The molecule has 2 aromatic rings. The third kappa shape index (κ3) is 6.59. The fraction of sp³-hybridized carbons (Fsp3) is 0.417. The summed E-state index contributed by atoms with van der Waals surface area (Å²) < 4.78 is 5.37. The van der Waals surface area contributed by atoms with Gasteiger partial charge in [-0.05, 0) is 56.0 Å². The average molecular weight is 411 g/mol. The minimum atomic E-state index is -0.276. The van der Waals surface area contributed by atoms with Crippen molar-refractivity contribution in [2.45, 2.75) is 39.3 Å². The molecule has 1 saturated heterocycles. The van der Waals surface area contributed by atoms with Gasteiger partial charge in [-0.3, -0.25) is 9.59 Å². The third-order valence-corrected chi connectivity index (χ3v) is 5.43. The molecule has 2 amide bonds. The smallest absolute Gasteiger partial charge is 0.251 e. The van der Waals surface area contributed by atoms with E-state index in [1.165, 1.54) is 37.9 Å². The summed E-state index contributed by atoms with van der Waals surface area (Å²) in [5.74, 6) is 0.244. The van der Waals surface area contributed by atoms with Crippen molar-refractivity contribution in [3.8, 4) is 5.75 Å². The van der Waals surface area contributed by atoms with Crippen molar-refractivity contribution in [3.05, 3.63) is 65.2 Å². The molecule has 0 radical (unpaired) electrons. The standard InChI is InChI=1S/C24H31N3O3/c1-2-30-22-12-10-19(11-13-22)24(29)26-17-23(28)25-16-20-8-4-5-9-21(20)18-27-14-6-3-7-15-27/h4-5,8-13H,2-3,6-7,14-18H2,1H3,(H,25,28)(H,26,29)/p+1. The molecule has 2 aromatic carbocycles. The Labute approximate surface area is 178 Å². The number of ether oxygens (including phenoxy) is 1. The molecular formula is C24H32N3O3+. The van der Waals surface area contributed by atoms with Gasteiger partial charge in [0.25, 0.3) is 5.91 Å². The molecule has 3 N–H and O–H groups in total. The molecule has 30 heavy (non-hydrogen) atoms. The molecular weight excluding hydrogens is 378 g/mol. The zero-order valence-corrected chi connectivity index (χ0v) is 17.7. The Morgan fingerprint density at radius 2 is 1.63 bits per heavy atom. The lowest BCUT2D eigenvalue weighted by Crippen LogP contribution is -3.11. The number of rotatable bonds is 9. The van der Waals surface area contributed by atoms with Crippen LogP contribution in [0, 0.1) is 0 Å². The molecule has 160 valence electrons. The number of quaternary nitrogens is 1. The van der Waals surface area contributed by atoms with Crippen LogP contribution < -0.4 is 20.3 Å². The molecule has 0 aliphatic carbocycles. The van der Waals surface area contributed by atoms with Gasteiger partial charge in [-0.1, -0.05) is 24.3 Å². The summed E-state index contributed by atoms with van der Waals surface area (Å²) in [6, 6.07) is 15.2. The lowest BCUT2D eigenvalue weighted by Gasteiger charge is -2.24. The number of hydrogen-bond acceptors (Lipinski definition) is 3. The van der Waals surface area contributed by atoms with Crippen LogP contribution >= 0.6 is 0 Å². The number of nitrogens with one attached hydrogen (secondary N) is 3. The van der Waals surface area contributed by atoms with Gasteiger partial charge in [0.2, 0.25) is 5.91 Å². The van der Waals surface area contributed by atoms with E-state index in [9.17, 15) is 9.59 Å². The van der Waals surface area contributed by atoms with Gasteiger partial charge < -0.3 is 20.3 Å². The number of hydrogen-bond donors (Lipinski definition) is 3. The topological polar surface area (TPSA) is 71.9 Å². The van der Waals surface area contributed by atoms with Gasteiger partial charge in [0.1, 0.15) is 12.3 Å². The zero-order chi connectivity index (χ0) is 21.2. The van der Waals surface area contributed by atoms with Crippen molar-refractivity contribution in [2.75, 3.05) is 26.2 Å². The van der Waals surface area contributed by atoms with Gasteiger partial charge in [-0.2, -0.15) is 0 Å². The van der Waals surface area contributed by atoms with Gasteiger partial charge in [0.15, 0.2) is 0 Å². The third-order valence-electron chi connectivity index (χ3n) is 5.43. The minimum Gasteiger partial charge on any atom is -0.494 e. The molecule has 1 fully saturated rings. The number of amides is 2. The van der Waals surface area contributed by atoms with E-state index in [2.05, 4.69) is 28.8 Å². The van der Waals surface area contributed by atoms with Crippen LogP contribution in [0.3, 0.4) is 0 Å². The lowest BCUT2D eigenvalue weighted by molar-refractivity contribution is -0.918. The molecule has 6 nitrogen and oxygen atoms in total. The summed E-state index contributed by atoms with van der Waals surface area (Å²) in [5.41, 5.74) is 2.93. The van der Waals surface area contributed by atoms with Crippen molar-refractivity contribution in [2.24, 2.45) is 0 Å². The summed E-state index contributed by atoms with van der Waals surface area (Å²) in [4.78, 5) is 26.1. The maximum Gasteiger partial charge on any atom is 0.251 e. The minimum absolute atomic E-state index is 0.0500. The predicted molar refractivity (Wildman–Crippen MR) is 116 cm³/mol. The zero-order valence-electron chi connectivity index (χ0n) is 17.7. The van der Waals surface area contributed by atoms with Gasteiger partial charge >= 0.3 is 0 Å². The van der Waals surface area contributed by atoms with Crippen LogP contribution in [0.25, 0.3) is 0 Å². The highest BCUT2D eigenvalue weighted by Gasteiger charge is 2.16. The molecule has 0 unspecified atom stereocenters. The summed E-state index contributed by atoms with van der Waals surface area (Å²) >= 11 is 0. The van der Waals surface area contributed by atoms with E-state index in [0.717, 1.165) is 17.9 Å². The summed E-state index contributed by atoms with van der Waals surface area (Å²) in [6.07, 6.45) is 3.92. The van der Waals surface area contributed by atoms with E-state index in [1.54, 1.807) is 29.2 Å². The number of benzene rings is 2.